The molecule has 2 N–H and O–H groups in total. The van der Waals surface area contributed by atoms with Crippen molar-refractivity contribution < 1.29 is 4.74 Å². The first-order valence-electron chi connectivity index (χ1n) is 4.32. The Hall–Kier alpha value is -0.740. The molecule has 3 nitrogen and oxygen atoms in total. The lowest BCUT2D eigenvalue weighted by molar-refractivity contribution is 0.416. The smallest absolute Gasteiger partial charge is 0.144 e. The van der Waals surface area contributed by atoms with Crippen LogP contribution in [0.3, 0.4) is 0 Å². The minimum absolute atomic E-state index is 0.203. The van der Waals surface area contributed by atoms with E-state index in [2.05, 4.69) is 20.9 Å². The van der Waals surface area contributed by atoms with Crippen molar-refractivity contribution >= 4 is 39.1 Å². The van der Waals surface area contributed by atoms with Gasteiger partial charge in [-0.1, -0.05) is 15.9 Å². The van der Waals surface area contributed by atoms with E-state index < -0.39 is 0 Å². The number of ether oxygens (including phenoxy) is 1. The van der Waals surface area contributed by atoms with Crippen LogP contribution >= 0.6 is 27.5 Å². The van der Waals surface area contributed by atoms with Gasteiger partial charge in [-0.25, -0.2) is 4.99 Å². The molecule has 0 aromatic heterocycles. The Morgan fingerprint density at radius 1 is 1.60 bits per heavy atom. The predicted octanol–water partition coefficient (Wildman–Crippen LogP) is 2.99. The van der Waals surface area contributed by atoms with E-state index in [1.165, 1.54) is 0 Å². The van der Waals surface area contributed by atoms with Gasteiger partial charge in [0.2, 0.25) is 0 Å². The summed E-state index contributed by atoms with van der Waals surface area (Å²) in [5.41, 5.74) is 7.28. The molecule has 0 aliphatic heterocycles. The molecular formula is C10H12BrClN2O. The molecule has 0 saturated carbocycles. The predicted molar refractivity (Wildman–Crippen MR) is 67.4 cm³/mol. The lowest BCUT2D eigenvalue weighted by atomic mass is 10.2. The molecule has 0 fully saturated rings. The largest absolute Gasteiger partial charge is 0.494 e. The number of nitrogens with two attached hydrogens (primary N) is 1. The van der Waals surface area contributed by atoms with Crippen molar-refractivity contribution in [3.8, 4) is 5.75 Å². The summed E-state index contributed by atoms with van der Waals surface area (Å²) in [4.78, 5) is 4.22. The molecule has 0 amide bonds. The van der Waals surface area contributed by atoms with Crippen molar-refractivity contribution in [2.45, 2.75) is 6.92 Å². The quantitative estimate of drug-likeness (QED) is 0.529. The average molecular weight is 292 g/mol. The van der Waals surface area contributed by atoms with Gasteiger partial charge in [0, 0.05) is 4.47 Å². The maximum Gasteiger partial charge on any atom is 0.144 e. The zero-order valence-corrected chi connectivity index (χ0v) is 10.9. The number of benzene rings is 1. The van der Waals surface area contributed by atoms with Crippen molar-refractivity contribution in [1.82, 2.24) is 0 Å². The second-order valence-electron chi connectivity index (χ2n) is 2.96. The minimum atomic E-state index is 0.203. The van der Waals surface area contributed by atoms with Crippen LogP contribution in [0.5, 0.6) is 5.75 Å². The number of aliphatic imine (C=N–C) groups is 1. The summed E-state index contributed by atoms with van der Waals surface area (Å²) in [5.74, 6) is 1.26. The molecule has 5 heteroatoms. The minimum Gasteiger partial charge on any atom is -0.494 e. The molecule has 82 valence electrons. The van der Waals surface area contributed by atoms with Crippen LogP contribution in [0.25, 0.3) is 0 Å². The van der Waals surface area contributed by atoms with Crippen LogP contribution in [-0.2, 0) is 0 Å². The highest BCUT2D eigenvalue weighted by Crippen LogP contribution is 2.35. The number of halogens is 2. The summed E-state index contributed by atoms with van der Waals surface area (Å²) < 4.78 is 6.16. The molecule has 0 aliphatic rings. The lowest BCUT2D eigenvalue weighted by Gasteiger charge is -2.09. The summed E-state index contributed by atoms with van der Waals surface area (Å²) in [7, 11) is 1.60. The van der Waals surface area contributed by atoms with Gasteiger partial charge in [-0.15, -0.1) is 11.6 Å². The van der Waals surface area contributed by atoms with E-state index in [1.54, 1.807) is 7.11 Å². The summed E-state index contributed by atoms with van der Waals surface area (Å²) >= 11 is 9.00. The lowest BCUT2D eigenvalue weighted by Crippen LogP contribution is -2.12. The Balaban J connectivity index is 3.30. The van der Waals surface area contributed by atoms with Gasteiger partial charge >= 0.3 is 0 Å². The van der Waals surface area contributed by atoms with Crippen LogP contribution < -0.4 is 10.5 Å². The second kappa shape index (κ2) is 5.37. The Morgan fingerprint density at radius 2 is 2.27 bits per heavy atom. The zero-order valence-electron chi connectivity index (χ0n) is 8.55. The van der Waals surface area contributed by atoms with Crippen molar-refractivity contribution in [2.24, 2.45) is 10.7 Å². The van der Waals surface area contributed by atoms with E-state index in [0.29, 0.717) is 17.3 Å². The fourth-order valence-corrected chi connectivity index (χ4v) is 1.51. The number of rotatable bonds is 3. The van der Waals surface area contributed by atoms with Gasteiger partial charge in [-0.3, -0.25) is 0 Å². The molecule has 0 heterocycles. The maximum absolute atomic E-state index is 5.59. The van der Waals surface area contributed by atoms with Gasteiger partial charge in [-0.05, 0) is 24.6 Å². The van der Waals surface area contributed by atoms with Gasteiger partial charge in [0.05, 0.1) is 13.0 Å². The monoisotopic (exact) mass is 290 g/mol. The first kappa shape index (κ1) is 12.3. The van der Waals surface area contributed by atoms with E-state index in [4.69, 9.17) is 22.1 Å². The van der Waals surface area contributed by atoms with E-state index >= 15 is 0 Å². The molecule has 1 aromatic carbocycles. The summed E-state index contributed by atoms with van der Waals surface area (Å²) in [6.45, 7) is 1.94. The molecule has 0 aliphatic carbocycles. The maximum atomic E-state index is 5.59. The van der Waals surface area contributed by atoms with Crippen molar-refractivity contribution in [3.05, 3.63) is 22.2 Å². The molecule has 0 unspecified atom stereocenters. The first-order chi connectivity index (χ1) is 7.10. The van der Waals surface area contributed by atoms with Crippen molar-refractivity contribution in [3.63, 3.8) is 0 Å². The Kier molecular flexibility index (Phi) is 4.42. The van der Waals surface area contributed by atoms with Crippen LogP contribution in [0.4, 0.5) is 5.69 Å². The third-order valence-electron chi connectivity index (χ3n) is 1.94. The van der Waals surface area contributed by atoms with E-state index in [0.717, 1.165) is 10.0 Å². The van der Waals surface area contributed by atoms with Gasteiger partial charge in [-0.2, -0.15) is 0 Å². The number of hydrogen-bond acceptors (Lipinski definition) is 2. The van der Waals surface area contributed by atoms with Gasteiger partial charge < -0.3 is 10.5 Å². The molecule has 0 bridgehead atoms. The summed E-state index contributed by atoms with van der Waals surface area (Å²) in [5, 5.41) is 0. The van der Waals surface area contributed by atoms with Crippen LogP contribution in [0.1, 0.15) is 5.56 Å². The number of nitrogens with zero attached hydrogens (tertiary/aromatic N) is 1. The van der Waals surface area contributed by atoms with Crippen LogP contribution in [0.2, 0.25) is 0 Å². The molecule has 0 atom stereocenters. The van der Waals surface area contributed by atoms with Gasteiger partial charge in [0.25, 0.3) is 0 Å². The number of alkyl halides is 1. The van der Waals surface area contributed by atoms with E-state index in [1.807, 2.05) is 19.1 Å². The molecule has 1 aromatic rings. The average Bonchev–Trinajstić information content (AvgIpc) is 2.25. The van der Waals surface area contributed by atoms with Crippen molar-refractivity contribution in [1.29, 1.82) is 0 Å². The molecule has 0 radical (unpaired) electrons. The fraction of sp³-hybridized carbons (Fsp3) is 0.300. The molecule has 1 rings (SSSR count). The van der Waals surface area contributed by atoms with Crippen LogP contribution in [-0.4, -0.2) is 18.8 Å². The standard InChI is InChI=1S/C10H12BrClN2O/c1-6-7(11)3-4-8(15-2)10(6)14-9(13)5-12/h3-4H,5H2,1-2H3,(H2,13,14). The number of amidine groups is 1. The third-order valence-corrected chi connectivity index (χ3v) is 3.07. The molecule has 0 saturated heterocycles. The second-order valence-corrected chi connectivity index (χ2v) is 4.08. The highest BCUT2D eigenvalue weighted by atomic mass is 79.9. The topological polar surface area (TPSA) is 47.6 Å². The fourth-order valence-electron chi connectivity index (χ4n) is 1.13. The Labute approximate surface area is 102 Å². The van der Waals surface area contributed by atoms with Crippen LogP contribution in [0.15, 0.2) is 21.6 Å². The number of hydrogen-bond donors (Lipinski definition) is 1. The van der Waals surface area contributed by atoms with E-state index in [-0.39, 0.29) is 5.88 Å². The Bertz CT molecular complexity index is 393. The third kappa shape index (κ3) is 2.86. The van der Waals surface area contributed by atoms with E-state index in [9.17, 15) is 0 Å². The normalized spacial score (nSPS) is 11.6. The number of methoxy groups -OCH3 is 1. The molecular weight excluding hydrogens is 279 g/mol. The highest BCUT2D eigenvalue weighted by Gasteiger charge is 2.08. The first-order valence-corrected chi connectivity index (χ1v) is 5.65. The summed E-state index contributed by atoms with van der Waals surface area (Å²) in [6.07, 6.45) is 0. The van der Waals surface area contributed by atoms with Gasteiger partial charge in [0.1, 0.15) is 17.3 Å². The molecule has 15 heavy (non-hydrogen) atoms. The highest BCUT2D eigenvalue weighted by molar-refractivity contribution is 9.10. The summed E-state index contributed by atoms with van der Waals surface area (Å²) in [6, 6.07) is 3.74. The van der Waals surface area contributed by atoms with Crippen molar-refractivity contribution in [2.75, 3.05) is 13.0 Å². The van der Waals surface area contributed by atoms with Gasteiger partial charge in [0.15, 0.2) is 0 Å². The molecule has 0 spiro atoms. The SMILES string of the molecule is COc1ccc(Br)c(C)c1N=C(N)CCl. The zero-order chi connectivity index (χ0) is 11.4. The van der Waals surface area contributed by atoms with Crippen LogP contribution in [0, 0.1) is 6.92 Å². The Morgan fingerprint density at radius 3 is 2.80 bits per heavy atom.